The molecule has 2 atom stereocenters. The number of para-hydroxylation sites is 1. The van der Waals surface area contributed by atoms with E-state index < -0.39 is 0 Å². The van der Waals surface area contributed by atoms with E-state index in [-0.39, 0.29) is 12.1 Å². The van der Waals surface area contributed by atoms with Crippen molar-refractivity contribution in [3.8, 4) is 12.3 Å². The van der Waals surface area contributed by atoms with Crippen molar-refractivity contribution in [1.29, 1.82) is 0 Å². The van der Waals surface area contributed by atoms with Gasteiger partial charge in [-0.25, -0.2) is 0 Å². The first kappa shape index (κ1) is 17.6. The van der Waals surface area contributed by atoms with E-state index in [1.807, 2.05) is 0 Å². The Kier molecular flexibility index (Phi) is 4.37. The minimum atomic E-state index is -0.103. The minimum absolute atomic E-state index is 0.103. The first-order valence-electron chi connectivity index (χ1n) is 10.1. The Hall–Kier alpha value is -3.44. The van der Waals surface area contributed by atoms with Crippen molar-refractivity contribution in [1.82, 2.24) is 0 Å². The van der Waals surface area contributed by atoms with Gasteiger partial charge in [-0.05, 0) is 42.2 Å². The molecule has 0 N–H and O–H groups in total. The molecule has 2 aliphatic heterocycles. The van der Waals surface area contributed by atoms with E-state index in [1.165, 1.54) is 16.8 Å². The van der Waals surface area contributed by atoms with Crippen LogP contribution in [0.3, 0.4) is 0 Å². The molecule has 142 valence electrons. The van der Waals surface area contributed by atoms with Crippen LogP contribution in [0.25, 0.3) is 0 Å². The monoisotopic (exact) mass is 377 g/mol. The number of hydrogen-bond acceptors (Lipinski definition) is 2. The van der Waals surface area contributed by atoms with Gasteiger partial charge in [-0.15, -0.1) is 6.42 Å². The zero-order valence-electron chi connectivity index (χ0n) is 16.3. The smallest absolute Gasteiger partial charge is 0.187 e. The highest BCUT2D eigenvalue weighted by Gasteiger charge is 2.48. The van der Waals surface area contributed by atoms with Gasteiger partial charge in [0.05, 0.1) is 11.6 Å². The quantitative estimate of drug-likeness (QED) is 0.551. The molecule has 2 unspecified atom stereocenters. The highest BCUT2D eigenvalue weighted by atomic mass is 16.5. The van der Waals surface area contributed by atoms with Crippen LogP contribution in [0.5, 0.6) is 0 Å². The summed E-state index contributed by atoms with van der Waals surface area (Å²) in [6, 6.07) is 8.58. The van der Waals surface area contributed by atoms with Crippen molar-refractivity contribution >= 4 is 5.69 Å². The molecule has 0 fully saturated rings. The fraction of sp³-hybridized carbons (Fsp3) is 0.185. The van der Waals surface area contributed by atoms with E-state index in [2.05, 4.69) is 90.3 Å². The highest BCUT2D eigenvalue weighted by Crippen LogP contribution is 2.54. The lowest BCUT2D eigenvalue weighted by atomic mass is 9.87. The fourth-order valence-electron chi connectivity index (χ4n) is 4.57. The number of benzene rings is 1. The van der Waals surface area contributed by atoms with Crippen LogP contribution in [-0.4, -0.2) is 6.23 Å². The van der Waals surface area contributed by atoms with Gasteiger partial charge in [0.15, 0.2) is 6.23 Å². The molecule has 2 heterocycles. The molecule has 0 bridgehead atoms. The van der Waals surface area contributed by atoms with Crippen molar-refractivity contribution in [2.24, 2.45) is 0 Å². The van der Waals surface area contributed by atoms with Crippen LogP contribution in [-0.2, 0) is 4.74 Å². The summed E-state index contributed by atoms with van der Waals surface area (Å²) in [6.07, 6.45) is 25.2. The molecule has 2 nitrogen and oxygen atoms in total. The van der Waals surface area contributed by atoms with Crippen molar-refractivity contribution < 1.29 is 4.74 Å². The summed E-state index contributed by atoms with van der Waals surface area (Å²) >= 11 is 0. The van der Waals surface area contributed by atoms with Gasteiger partial charge in [-0.2, -0.15) is 0 Å². The van der Waals surface area contributed by atoms with Gasteiger partial charge in [0, 0.05) is 23.3 Å². The van der Waals surface area contributed by atoms with Crippen LogP contribution in [0.4, 0.5) is 5.69 Å². The molecule has 2 heteroatoms. The Morgan fingerprint density at radius 2 is 1.97 bits per heavy atom. The number of rotatable bonds is 1. The molecule has 0 amide bonds. The van der Waals surface area contributed by atoms with Gasteiger partial charge in [0.2, 0.25) is 0 Å². The molecular formula is C27H23NO. The minimum Gasteiger partial charge on any atom is -0.473 e. The van der Waals surface area contributed by atoms with E-state index in [9.17, 15) is 0 Å². The zero-order chi connectivity index (χ0) is 19.8. The van der Waals surface area contributed by atoms with Crippen LogP contribution in [0.15, 0.2) is 108 Å². The first-order valence-corrected chi connectivity index (χ1v) is 10.1. The summed E-state index contributed by atoms with van der Waals surface area (Å²) in [5.74, 6) is 4.09. The molecule has 0 saturated heterocycles. The molecule has 29 heavy (non-hydrogen) atoms. The van der Waals surface area contributed by atoms with Crippen molar-refractivity contribution in [2.45, 2.75) is 31.4 Å². The van der Waals surface area contributed by atoms with Crippen molar-refractivity contribution in [2.75, 3.05) is 4.90 Å². The highest BCUT2D eigenvalue weighted by molar-refractivity contribution is 5.72. The maximum Gasteiger partial charge on any atom is 0.187 e. The molecule has 0 radical (unpaired) electrons. The standard InChI is InChI=1S/C27H23NO/c1-3-20-16-17-25-22(18-20)26-21-13-10-11-15-24(21)28(27(26)29-25)23-14-9-7-5-4-6-8-12-19(23)2/h1,4,6-15,18,26-27H,2,5,16-17H2/b6-4-,9-7-,12-8-,23-14+. The fourth-order valence-corrected chi connectivity index (χ4v) is 4.57. The average Bonchev–Trinajstić information content (AvgIpc) is 3.27. The predicted octanol–water partition coefficient (Wildman–Crippen LogP) is 6.07. The Bertz CT molecular complexity index is 1100. The van der Waals surface area contributed by atoms with E-state index in [0.717, 1.165) is 41.9 Å². The van der Waals surface area contributed by atoms with Crippen molar-refractivity contribution in [3.05, 3.63) is 113 Å². The molecule has 0 aromatic heterocycles. The van der Waals surface area contributed by atoms with Crippen LogP contribution in [0, 0.1) is 12.3 Å². The van der Waals surface area contributed by atoms with Gasteiger partial charge in [-0.3, -0.25) is 0 Å². The number of ether oxygens (including phenoxy) is 1. The molecule has 2 aliphatic carbocycles. The van der Waals surface area contributed by atoms with Gasteiger partial charge in [0.1, 0.15) is 5.76 Å². The maximum absolute atomic E-state index is 6.56. The Labute approximate surface area is 172 Å². The maximum atomic E-state index is 6.56. The van der Waals surface area contributed by atoms with E-state index in [0.29, 0.717) is 0 Å². The zero-order valence-corrected chi connectivity index (χ0v) is 16.3. The SMILES string of the molecule is C#CC1=CC2=C(CC1)OC1C2c2ccccc2N1/C1=C/C=C\C/C=C\C=C/C1=C. The second-order valence-corrected chi connectivity index (χ2v) is 7.64. The lowest BCUT2D eigenvalue weighted by Crippen LogP contribution is -2.33. The molecule has 1 aromatic rings. The third kappa shape index (κ3) is 2.91. The first-order chi connectivity index (χ1) is 14.3. The van der Waals surface area contributed by atoms with Crippen LogP contribution >= 0.6 is 0 Å². The predicted molar refractivity (Wildman–Crippen MR) is 119 cm³/mol. The molecular weight excluding hydrogens is 354 g/mol. The summed E-state index contributed by atoms with van der Waals surface area (Å²) in [6.45, 7) is 4.35. The van der Waals surface area contributed by atoms with Crippen LogP contribution < -0.4 is 4.90 Å². The molecule has 0 spiro atoms. The number of terminal acetylenes is 1. The largest absolute Gasteiger partial charge is 0.473 e. The molecule has 1 aromatic carbocycles. The Morgan fingerprint density at radius 1 is 1.10 bits per heavy atom. The van der Waals surface area contributed by atoms with Gasteiger partial charge in [0.25, 0.3) is 0 Å². The summed E-state index contributed by atoms with van der Waals surface area (Å²) in [4.78, 5) is 2.31. The van der Waals surface area contributed by atoms with E-state index in [4.69, 9.17) is 11.2 Å². The second-order valence-electron chi connectivity index (χ2n) is 7.64. The second kappa shape index (κ2) is 7.18. The Balaban J connectivity index is 1.62. The summed E-state index contributed by atoms with van der Waals surface area (Å²) in [5.41, 5.74) is 6.79. The lowest BCUT2D eigenvalue weighted by Gasteiger charge is -2.30. The number of fused-ring (bicyclic) bond motifs is 4. The third-order valence-electron chi connectivity index (χ3n) is 5.92. The lowest BCUT2D eigenvalue weighted by molar-refractivity contribution is 0.135. The summed E-state index contributed by atoms with van der Waals surface area (Å²) < 4.78 is 6.56. The van der Waals surface area contributed by atoms with Gasteiger partial charge >= 0.3 is 0 Å². The molecule has 4 aliphatic rings. The van der Waals surface area contributed by atoms with Crippen LogP contribution in [0.2, 0.25) is 0 Å². The summed E-state index contributed by atoms with van der Waals surface area (Å²) in [5, 5.41) is 0. The molecule has 0 saturated carbocycles. The number of allylic oxidation sites excluding steroid dienone is 10. The number of anilines is 1. The molecule has 5 rings (SSSR count). The van der Waals surface area contributed by atoms with E-state index in [1.54, 1.807) is 0 Å². The van der Waals surface area contributed by atoms with Crippen molar-refractivity contribution in [3.63, 3.8) is 0 Å². The average molecular weight is 377 g/mol. The Morgan fingerprint density at radius 3 is 2.86 bits per heavy atom. The number of hydrogen-bond donors (Lipinski definition) is 0. The topological polar surface area (TPSA) is 12.5 Å². The van der Waals surface area contributed by atoms with E-state index >= 15 is 0 Å². The number of nitrogens with zero attached hydrogens (tertiary/aromatic N) is 1. The van der Waals surface area contributed by atoms with Gasteiger partial charge in [-0.1, -0.05) is 67.2 Å². The third-order valence-corrected chi connectivity index (χ3v) is 5.92. The normalized spacial score (nSPS) is 30.0. The van der Waals surface area contributed by atoms with Gasteiger partial charge < -0.3 is 9.64 Å². The summed E-state index contributed by atoms with van der Waals surface area (Å²) in [7, 11) is 0. The van der Waals surface area contributed by atoms with Crippen LogP contribution in [0.1, 0.15) is 30.7 Å².